The molecule has 6 nitrogen and oxygen atoms in total. The van der Waals surface area contributed by atoms with E-state index in [0.717, 1.165) is 24.8 Å². The first-order chi connectivity index (χ1) is 15.2. The minimum Gasteiger partial charge on any atom is -0.372 e. The first-order valence-electron chi connectivity index (χ1n) is 10.3. The highest BCUT2D eigenvalue weighted by atomic mass is 32.2. The number of nitrogens with one attached hydrogen (secondary N) is 2. The second-order valence-electron chi connectivity index (χ2n) is 7.24. The third-order valence-electron chi connectivity index (χ3n) is 5.14. The summed E-state index contributed by atoms with van der Waals surface area (Å²) in [7, 11) is -4.08. The molecule has 1 amide bonds. The predicted octanol–water partition coefficient (Wildman–Crippen LogP) is 5.03. The number of hydrogen-bond donors (Lipinski definition) is 2. The van der Waals surface area contributed by atoms with Crippen molar-refractivity contribution in [3.63, 3.8) is 0 Å². The Hall–Kier alpha value is -3.39. The van der Waals surface area contributed by atoms with Crippen LogP contribution in [0.5, 0.6) is 0 Å². The van der Waals surface area contributed by atoms with E-state index in [1.165, 1.54) is 30.3 Å². The van der Waals surface area contributed by atoms with Crippen LogP contribution in [0, 0.1) is 12.7 Å². The van der Waals surface area contributed by atoms with Crippen LogP contribution in [0.15, 0.2) is 71.6 Å². The molecule has 0 saturated heterocycles. The van der Waals surface area contributed by atoms with Gasteiger partial charge in [-0.1, -0.05) is 18.2 Å². The molecule has 0 aliphatic carbocycles. The van der Waals surface area contributed by atoms with Gasteiger partial charge in [-0.3, -0.25) is 9.52 Å². The van der Waals surface area contributed by atoms with E-state index in [-0.39, 0.29) is 16.1 Å². The first-order valence-corrected chi connectivity index (χ1v) is 11.8. The van der Waals surface area contributed by atoms with Crippen molar-refractivity contribution >= 4 is 33.0 Å². The summed E-state index contributed by atoms with van der Waals surface area (Å²) in [5.74, 6) is -1.12. The molecule has 0 heterocycles. The Bertz CT molecular complexity index is 1210. The van der Waals surface area contributed by atoms with Crippen LogP contribution in [-0.4, -0.2) is 27.4 Å². The van der Waals surface area contributed by atoms with Crippen molar-refractivity contribution < 1.29 is 17.6 Å². The largest absolute Gasteiger partial charge is 0.372 e. The average molecular weight is 456 g/mol. The molecule has 0 aromatic heterocycles. The van der Waals surface area contributed by atoms with E-state index in [2.05, 4.69) is 28.8 Å². The zero-order valence-electron chi connectivity index (χ0n) is 18.2. The van der Waals surface area contributed by atoms with Crippen molar-refractivity contribution in [2.45, 2.75) is 25.7 Å². The van der Waals surface area contributed by atoms with Gasteiger partial charge < -0.3 is 10.2 Å². The van der Waals surface area contributed by atoms with E-state index in [1.54, 1.807) is 25.1 Å². The number of hydrogen-bond acceptors (Lipinski definition) is 4. The number of carbonyl (C=O) groups is 1. The van der Waals surface area contributed by atoms with E-state index < -0.39 is 21.7 Å². The third kappa shape index (κ3) is 5.26. The van der Waals surface area contributed by atoms with Crippen LogP contribution in [0.1, 0.15) is 29.8 Å². The lowest BCUT2D eigenvalue weighted by molar-refractivity contribution is 0.102. The zero-order valence-corrected chi connectivity index (χ0v) is 19.0. The molecule has 0 saturated carbocycles. The molecule has 0 atom stereocenters. The van der Waals surface area contributed by atoms with Gasteiger partial charge in [0.15, 0.2) is 0 Å². The number of nitrogens with zero attached hydrogens (tertiary/aromatic N) is 1. The van der Waals surface area contributed by atoms with Crippen molar-refractivity contribution in [2.75, 3.05) is 28.0 Å². The Labute approximate surface area is 188 Å². The lowest BCUT2D eigenvalue weighted by Crippen LogP contribution is -2.21. The van der Waals surface area contributed by atoms with E-state index >= 15 is 0 Å². The van der Waals surface area contributed by atoms with Gasteiger partial charge in [0, 0.05) is 30.0 Å². The average Bonchev–Trinajstić information content (AvgIpc) is 2.77. The van der Waals surface area contributed by atoms with Crippen molar-refractivity contribution in [3.8, 4) is 0 Å². The summed E-state index contributed by atoms with van der Waals surface area (Å²) in [4.78, 5) is 14.9. The molecule has 0 aliphatic rings. The maximum absolute atomic E-state index is 13.9. The lowest BCUT2D eigenvalue weighted by Gasteiger charge is -2.21. The van der Waals surface area contributed by atoms with E-state index in [9.17, 15) is 17.6 Å². The van der Waals surface area contributed by atoms with Gasteiger partial charge in [-0.25, -0.2) is 12.8 Å². The van der Waals surface area contributed by atoms with Gasteiger partial charge in [0.2, 0.25) is 0 Å². The number of aryl methyl sites for hydroxylation is 1. The summed E-state index contributed by atoms with van der Waals surface area (Å²) >= 11 is 0. The molecule has 2 N–H and O–H groups in total. The number of para-hydroxylation sites is 1. The number of amides is 1. The summed E-state index contributed by atoms with van der Waals surface area (Å²) in [6.45, 7) is 7.63. The van der Waals surface area contributed by atoms with Gasteiger partial charge in [0.1, 0.15) is 5.82 Å². The topological polar surface area (TPSA) is 78.5 Å². The highest BCUT2D eigenvalue weighted by Gasteiger charge is 2.19. The van der Waals surface area contributed by atoms with Crippen LogP contribution in [-0.2, 0) is 10.0 Å². The molecular formula is C24H26FN3O3S. The number of rotatable bonds is 8. The van der Waals surface area contributed by atoms with Gasteiger partial charge in [-0.15, -0.1) is 0 Å². The Balaban J connectivity index is 1.82. The highest BCUT2D eigenvalue weighted by molar-refractivity contribution is 7.92. The number of benzene rings is 3. The third-order valence-corrected chi connectivity index (χ3v) is 6.50. The van der Waals surface area contributed by atoms with Gasteiger partial charge >= 0.3 is 0 Å². The van der Waals surface area contributed by atoms with Gasteiger partial charge in [0.25, 0.3) is 15.9 Å². The smallest absolute Gasteiger partial charge is 0.262 e. The Morgan fingerprint density at radius 3 is 2.25 bits per heavy atom. The fourth-order valence-corrected chi connectivity index (χ4v) is 4.40. The van der Waals surface area contributed by atoms with Crippen LogP contribution in [0.2, 0.25) is 0 Å². The zero-order chi connectivity index (χ0) is 23.3. The van der Waals surface area contributed by atoms with Crippen molar-refractivity contribution in [2.24, 2.45) is 0 Å². The number of carbonyl (C=O) groups excluding carboxylic acids is 1. The SMILES string of the molecule is CCN(CC)c1ccc(NC(=O)c2cc(S(=O)(=O)Nc3ccccc3F)ccc2C)cc1. The molecule has 3 aromatic rings. The standard InChI is InChI=1S/C24H26FN3O3S/c1-4-28(5-2)19-13-11-18(12-14-19)26-24(29)21-16-20(15-10-17(21)3)32(30,31)27-23-9-7-6-8-22(23)25/h6-16,27H,4-5H2,1-3H3,(H,26,29). The minimum atomic E-state index is -4.08. The lowest BCUT2D eigenvalue weighted by atomic mass is 10.1. The van der Waals surface area contributed by atoms with Gasteiger partial charge in [-0.2, -0.15) is 0 Å². The quantitative estimate of drug-likeness (QED) is 0.499. The summed E-state index contributed by atoms with van der Waals surface area (Å²) in [6.07, 6.45) is 0. The van der Waals surface area contributed by atoms with Crippen LogP contribution < -0.4 is 14.9 Å². The first kappa shape index (κ1) is 23.3. The van der Waals surface area contributed by atoms with E-state index in [0.29, 0.717) is 11.3 Å². The van der Waals surface area contributed by atoms with Crippen molar-refractivity contribution in [1.82, 2.24) is 0 Å². The molecule has 0 spiro atoms. The van der Waals surface area contributed by atoms with Crippen LogP contribution in [0.4, 0.5) is 21.5 Å². The van der Waals surface area contributed by atoms with Crippen LogP contribution in [0.3, 0.4) is 0 Å². The van der Waals surface area contributed by atoms with Crippen LogP contribution >= 0.6 is 0 Å². The molecular weight excluding hydrogens is 429 g/mol. The normalized spacial score (nSPS) is 11.1. The maximum Gasteiger partial charge on any atom is 0.262 e. The molecule has 0 aliphatic heterocycles. The molecule has 0 fully saturated rings. The van der Waals surface area contributed by atoms with Gasteiger partial charge in [-0.05, 0) is 74.9 Å². The van der Waals surface area contributed by atoms with Crippen molar-refractivity contribution in [1.29, 1.82) is 0 Å². The van der Waals surface area contributed by atoms with Gasteiger partial charge in [0.05, 0.1) is 10.6 Å². The molecule has 0 radical (unpaired) electrons. The number of anilines is 3. The number of halogens is 1. The predicted molar refractivity (Wildman–Crippen MR) is 126 cm³/mol. The fourth-order valence-electron chi connectivity index (χ4n) is 3.30. The fraction of sp³-hybridized carbons (Fsp3) is 0.208. The molecule has 0 unspecified atom stereocenters. The second-order valence-corrected chi connectivity index (χ2v) is 8.92. The summed E-state index contributed by atoms with van der Waals surface area (Å²) in [5.41, 5.74) is 2.33. The van der Waals surface area contributed by atoms with Crippen molar-refractivity contribution in [3.05, 3.63) is 83.7 Å². The summed E-state index contributed by atoms with van der Waals surface area (Å²) in [5, 5.41) is 2.81. The number of sulfonamides is 1. The Morgan fingerprint density at radius 2 is 1.62 bits per heavy atom. The minimum absolute atomic E-state index is 0.131. The van der Waals surface area contributed by atoms with E-state index in [1.807, 2.05) is 12.1 Å². The maximum atomic E-state index is 13.9. The highest BCUT2D eigenvalue weighted by Crippen LogP contribution is 2.23. The summed E-state index contributed by atoms with van der Waals surface area (Å²) in [6, 6.07) is 17.2. The second kappa shape index (κ2) is 9.82. The van der Waals surface area contributed by atoms with E-state index in [4.69, 9.17) is 0 Å². The summed E-state index contributed by atoms with van der Waals surface area (Å²) < 4.78 is 41.6. The molecule has 3 aromatic carbocycles. The molecule has 0 bridgehead atoms. The molecule has 8 heteroatoms. The molecule has 32 heavy (non-hydrogen) atoms. The molecule has 168 valence electrons. The Kier molecular flexibility index (Phi) is 7.15. The monoisotopic (exact) mass is 455 g/mol. The Morgan fingerprint density at radius 1 is 0.969 bits per heavy atom. The molecule has 3 rings (SSSR count). The van der Waals surface area contributed by atoms with Crippen LogP contribution in [0.25, 0.3) is 0 Å².